The fourth-order valence-electron chi connectivity index (χ4n) is 2.12. The summed E-state index contributed by atoms with van der Waals surface area (Å²) in [5.41, 5.74) is 1.22. The van der Waals surface area contributed by atoms with Crippen molar-refractivity contribution in [2.24, 2.45) is 0 Å². The lowest BCUT2D eigenvalue weighted by molar-refractivity contribution is -0.0290. The first kappa shape index (κ1) is 11.4. The minimum atomic E-state index is -0.268. The molecule has 0 spiro atoms. The average molecular weight is 221 g/mol. The zero-order valence-corrected chi connectivity index (χ0v) is 9.72. The summed E-state index contributed by atoms with van der Waals surface area (Å²) >= 11 is 0. The highest BCUT2D eigenvalue weighted by atomic mass is 16.5. The van der Waals surface area contributed by atoms with Crippen LogP contribution in [0, 0.1) is 0 Å². The highest BCUT2D eigenvalue weighted by Gasteiger charge is 2.19. The molecule has 2 rings (SSSR count). The van der Waals surface area contributed by atoms with E-state index < -0.39 is 0 Å². The van der Waals surface area contributed by atoms with Gasteiger partial charge in [-0.1, -0.05) is 12.1 Å². The van der Waals surface area contributed by atoms with Crippen molar-refractivity contribution in [2.75, 3.05) is 13.7 Å². The maximum atomic E-state index is 9.83. The molecule has 1 N–H and O–H groups in total. The molecule has 0 aliphatic carbocycles. The molecule has 0 amide bonds. The molecule has 0 radical (unpaired) electrons. The zero-order valence-electron chi connectivity index (χ0n) is 9.72. The van der Waals surface area contributed by atoms with Crippen LogP contribution < -0.4 is 4.74 Å². The summed E-state index contributed by atoms with van der Waals surface area (Å²) in [7, 11) is 1.67. The van der Waals surface area contributed by atoms with Crippen molar-refractivity contribution in [1.29, 1.82) is 0 Å². The van der Waals surface area contributed by atoms with Crippen LogP contribution in [0.25, 0.3) is 0 Å². The minimum Gasteiger partial charge on any atom is -0.497 e. The molecule has 1 aromatic carbocycles. The van der Waals surface area contributed by atoms with Gasteiger partial charge in [0, 0.05) is 13.1 Å². The molecule has 3 heteroatoms. The number of nitrogens with zero attached hydrogens (tertiary/aromatic N) is 1. The average Bonchev–Trinajstić information content (AvgIpc) is 2.33. The van der Waals surface area contributed by atoms with Gasteiger partial charge in [0.2, 0.25) is 0 Å². The summed E-state index contributed by atoms with van der Waals surface area (Å²) < 4.78 is 5.12. The number of hydrogen-bond acceptors (Lipinski definition) is 3. The van der Waals surface area contributed by atoms with Crippen LogP contribution in [0.1, 0.15) is 24.8 Å². The van der Waals surface area contributed by atoms with Gasteiger partial charge in [0.25, 0.3) is 0 Å². The number of piperidine rings is 1. The Hall–Kier alpha value is -1.06. The van der Waals surface area contributed by atoms with Gasteiger partial charge in [0.15, 0.2) is 0 Å². The van der Waals surface area contributed by atoms with E-state index in [0.717, 1.165) is 31.7 Å². The summed E-state index contributed by atoms with van der Waals surface area (Å²) in [6, 6.07) is 8.04. The van der Waals surface area contributed by atoms with E-state index in [2.05, 4.69) is 17.0 Å². The van der Waals surface area contributed by atoms with Crippen molar-refractivity contribution in [3.63, 3.8) is 0 Å². The predicted molar refractivity (Wildman–Crippen MR) is 63.3 cm³/mol. The van der Waals surface area contributed by atoms with Gasteiger partial charge in [-0.15, -0.1) is 0 Å². The Morgan fingerprint density at radius 3 is 2.69 bits per heavy atom. The first-order valence-corrected chi connectivity index (χ1v) is 5.84. The Morgan fingerprint density at radius 1 is 1.31 bits per heavy atom. The summed E-state index contributed by atoms with van der Waals surface area (Å²) in [4.78, 5) is 2.13. The second kappa shape index (κ2) is 5.32. The lowest BCUT2D eigenvalue weighted by atomic mass is 10.1. The number of ether oxygens (including phenoxy) is 1. The number of likely N-dealkylation sites (tertiary alicyclic amines) is 1. The normalized spacial score (nSPS) is 22.0. The van der Waals surface area contributed by atoms with E-state index in [1.807, 2.05) is 12.1 Å². The summed E-state index contributed by atoms with van der Waals surface area (Å²) in [6.45, 7) is 1.82. The zero-order chi connectivity index (χ0) is 11.4. The molecular weight excluding hydrogens is 202 g/mol. The van der Waals surface area contributed by atoms with Gasteiger partial charge in [0.05, 0.1) is 7.11 Å². The number of methoxy groups -OCH3 is 1. The summed E-state index contributed by atoms with van der Waals surface area (Å²) in [6.07, 6.45) is 2.96. The van der Waals surface area contributed by atoms with Gasteiger partial charge in [0.1, 0.15) is 12.0 Å². The largest absolute Gasteiger partial charge is 0.497 e. The van der Waals surface area contributed by atoms with Crippen molar-refractivity contribution < 1.29 is 9.84 Å². The van der Waals surface area contributed by atoms with Gasteiger partial charge < -0.3 is 9.84 Å². The van der Waals surface area contributed by atoms with Crippen LogP contribution in [-0.4, -0.2) is 29.9 Å². The van der Waals surface area contributed by atoms with Crippen LogP contribution in [0.15, 0.2) is 24.3 Å². The molecule has 1 aliphatic rings. The topological polar surface area (TPSA) is 32.7 Å². The van der Waals surface area contributed by atoms with Crippen LogP contribution in [0.4, 0.5) is 0 Å². The molecule has 1 aromatic rings. The molecule has 1 unspecified atom stereocenters. The van der Waals surface area contributed by atoms with Crippen molar-refractivity contribution in [3.8, 4) is 5.75 Å². The fraction of sp³-hybridized carbons (Fsp3) is 0.538. The molecule has 3 nitrogen and oxygen atoms in total. The Morgan fingerprint density at radius 2 is 2.06 bits per heavy atom. The third-order valence-electron chi connectivity index (χ3n) is 3.12. The van der Waals surface area contributed by atoms with E-state index in [1.54, 1.807) is 7.11 Å². The molecule has 1 saturated heterocycles. The van der Waals surface area contributed by atoms with Crippen LogP contribution in [-0.2, 0) is 6.54 Å². The van der Waals surface area contributed by atoms with Gasteiger partial charge in [-0.2, -0.15) is 0 Å². The molecule has 1 heterocycles. The van der Waals surface area contributed by atoms with Crippen LogP contribution in [0.3, 0.4) is 0 Å². The maximum absolute atomic E-state index is 9.83. The lowest BCUT2D eigenvalue weighted by Gasteiger charge is -2.31. The SMILES string of the molecule is COc1ccc(CN2CCCCC2O)cc1. The van der Waals surface area contributed by atoms with Gasteiger partial charge in [-0.25, -0.2) is 0 Å². The van der Waals surface area contributed by atoms with E-state index >= 15 is 0 Å². The molecule has 0 aromatic heterocycles. The summed E-state index contributed by atoms with van der Waals surface area (Å²) in [5.74, 6) is 0.878. The van der Waals surface area contributed by atoms with Crippen LogP contribution in [0.2, 0.25) is 0 Å². The van der Waals surface area contributed by atoms with E-state index in [4.69, 9.17) is 4.74 Å². The fourth-order valence-corrected chi connectivity index (χ4v) is 2.12. The van der Waals surface area contributed by atoms with E-state index in [1.165, 1.54) is 12.0 Å². The van der Waals surface area contributed by atoms with E-state index in [9.17, 15) is 5.11 Å². The second-order valence-electron chi connectivity index (χ2n) is 4.29. The van der Waals surface area contributed by atoms with Gasteiger partial charge >= 0.3 is 0 Å². The van der Waals surface area contributed by atoms with Gasteiger partial charge in [-0.3, -0.25) is 4.90 Å². The predicted octanol–water partition coefficient (Wildman–Crippen LogP) is 2.00. The van der Waals surface area contributed by atoms with Crippen molar-refractivity contribution in [1.82, 2.24) is 4.90 Å². The monoisotopic (exact) mass is 221 g/mol. The highest BCUT2D eigenvalue weighted by Crippen LogP contribution is 2.19. The third kappa shape index (κ3) is 2.74. The van der Waals surface area contributed by atoms with Crippen molar-refractivity contribution in [2.45, 2.75) is 32.0 Å². The minimum absolute atomic E-state index is 0.268. The summed E-state index contributed by atoms with van der Waals surface area (Å²) in [5, 5.41) is 9.83. The van der Waals surface area contributed by atoms with E-state index in [0.29, 0.717) is 0 Å². The number of benzene rings is 1. The quantitative estimate of drug-likeness (QED) is 0.847. The van der Waals surface area contributed by atoms with Crippen molar-refractivity contribution >= 4 is 0 Å². The third-order valence-corrected chi connectivity index (χ3v) is 3.12. The molecule has 16 heavy (non-hydrogen) atoms. The number of aliphatic hydroxyl groups is 1. The smallest absolute Gasteiger partial charge is 0.118 e. The Balaban J connectivity index is 1.96. The molecule has 1 fully saturated rings. The number of hydrogen-bond donors (Lipinski definition) is 1. The molecule has 88 valence electrons. The molecule has 1 aliphatic heterocycles. The first-order valence-electron chi connectivity index (χ1n) is 5.84. The first-order chi connectivity index (χ1) is 7.79. The maximum Gasteiger partial charge on any atom is 0.118 e. The molecular formula is C13H19NO2. The standard InChI is InChI=1S/C13H19NO2/c1-16-12-7-5-11(6-8-12)10-14-9-3-2-4-13(14)15/h5-8,13,15H,2-4,9-10H2,1H3. The van der Waals surface area contributed by atoms with Crippen molar-refractivity contribution in [3.05, 3.63) is 29.8 Å². The highest BCUT2D eigenvalue weighted by molar-refractivity contribution is 5.27. The van der Waals surface area contributed by atoms with Crippen LogP contribution >= 0.6 is 0 Å². The number of rotatable bonds is 3. The molecule has 0 saturated carbocycles. The van der Waals surface area contributed by atoms with Gasteiger partial charge in [-0.05, 0) is 37.0 Å². The lowest BCUT2D eigenvalue weighted by Crippen LogP contribution is -2.38. The Labute approximate surface area is 96.6 Å². The Bertz CT molecular complexity index is 323. The van der Waals surface area contributed by atoms with Crippen LogP contribution in [0.5, 0.6) is 5.75 Å². The molecule has 0 bridgehead atoms. The number of aliphatic hydroxyl groups excluding tert-OH is 1. The molecule has 1 atom stereocenters. The second-order valence-corrected chi connectivity index (χ2v) is 4.29. The Kier molecular flexibility index (Phi) is 3.80. The van der Waals surface area contributed by atoms with E-state index in [-0.39, 0.29) is 6.23 Å².